The zero-order valence-corrected chi connectivity index (χ0v) is 20.2. The molecule has 0 aliphatic heterocycles. The van der Waals surface area contributed by atoms with Gasteiger partial charge in [-0.25, -0.2) is 0 Å². The van der Waals surface area contributed by atoms with Crippen LogP contribution in [0.2, 0.25) is 0 Å². The van der Waals surface area contributed by atoms with Gasteiger partial charge in [0.15, 0.2) is 0 Å². The second-order valence-electron chi connectivity index (χ2n) is 6.18. The van der Waals surface area contributed by atoms with E-state index < -0.39 is 11.9 Å². The molecule has 4 nitrogen and oxygen atoms in total. The predicted octanol–water partition coefficient (Wildman–Crippen LogP) is 2.78. The minimum Gasteiger partial charge on any atom is -0.545 e. The van der Waals surface area contributed by atoms with Crippen LogP contribution >= 0.6 is 0 Å². The Morgan fingerprint density at radius 2 is 1.11 bits per heavy atom. The molecular weight excluding hydrogens is 441 g/mol. The molecule has 0 bridgehead atoms. The first-order valence-electron chi connectivity index (χ1n) is 9.08. The van der Waals surface area contributed by atoms with E-state index >= 15 is 0 Å². The van der Waals surface area contributed by atoms with Crippen molar-refractivity contribution >= 4 is 11.9 Å². The zero-order chi connectivity index (χ0) is 19.4. The maximum Gasteiger partial charge on any atom is 2.00 e. The summed E-state index contributed by atoms with van der Waals surface area (Å²) >= 11 is 0. The van der Waals surface area contributed by atoms with Crippen molar-refractivity contribution in [1.29, 1.82) is 0 Å². The Bertz CT molecular complexity index is 651. The average Bonchev–Trinajstić information content (AvgIpc) is 2.65. The number of hydrogen-bond acceptors (Lipinski definition) is 4. The van der Waals surface area contributed by atoms with Crippen LogP contribution < -0.4 is 10.2 Å². The van der Waals surface area contributed by atoms with Crippen molar-refractivity contribution in [2.24, 2.45) is 0 Å². The molecule has 2 rings (SSSR count). The third-order valence-electron chi connectivity index (χ3n) is 3.96. The topological polar surface area (TPSA) is 80.3 Å². The third kappa shape index (κ3) is 10.3. The SMILES string of the molecule is CCCCc1cccc(C(=O)[O-])c1.CCCCc1cccc(C(=O)[O-])c1.[Cd+2]. The Labute approximate surface area is 181 Å². The van der Waals surface area contributed by atoms with E-state index in [0.717, 1.165) is 49.7 Å². The number of carboxylic acid groups (broad SMARTS) is 2. The van der Waals surface area contributed by atoms with Gasteiger partial charge in [-0.15, -0.1) is 0 Å². The summed E-state index contributed by atoms with van der Waals surface area (Å²) in [6, 6.07) is 13.9. The van der Waals surface area contributed by atoms with Crippen LogP contribution in [-0.4, -0.2) is 11.9 Å². The van der Waals surface area contributed by atoms with Crippen LogP contribution in [0.25, 0.3) is 0 Å². The predicted molar refractivity (Wildman–Crippen MR) is 98.8 cm³/mol. The van der Waals surface area contributed by atoms with Crippen molar-refractivity contribution in [3.63, 3.8) is 0 Å². The summed E-state index contributed by atoms with van der Waals surface area (Å²) < 4.78 is 0. The van der Waals surface area contributed by atoms with Gasteiger partial charge in [-0.05, 0) is 60.1 Å². The Balaban J connectivity index is 0.000000483. The molecule has 2 aromatic rings. The second-order valence-corrected chi connectivity index (χ2v) is 6.18. The molecule has 0 aromatic heterocycles. The fraction of sp³-hybridized carbons (Fsp3) is 0.364. The average molecular weight is 467 g/mol. The van der Waals surface area contributed by atoms with Gasteiger partial charge in [0.2, 0.25) is 0 Å². The molecule has 0 saturated carbocycles. The molecule has 2 aromatic carbocycles. The van der Waals surface area contributed by atoms with Crippen LogP contribution in [0.5, 0.6) is 0 Å². The van der Waals surface area contributed by atoms with Crippen LogP contribution in [0, 0.1) is 0 Å². The van der Waals surface area contributed by atoms with Gasteiger partial charge < -0.3 is 19.8 Å². The smallest absolute Gasteiger partial charge is 0.545 e. The zero-order valence-electron chi connectivity index (χ0n) is 16.2. The van der Waals surface area contributed by atoms with Crippen LogP contribution in [0.1, 0.15) is 71.4 Å². The summed E-state index contributed by atoms with van der Waals surface area (Å²) in [5, 5.41) is 21.0. The summed E-state index contributed by atoms with van der Waals surface area (Å²) in [4.78, 5) is 21.0. The van der Waals surface area contributed by atoms with E-state index in [-0.39, 0.29) is 38.4 Å². The number of aryl methyl sites for hydroxylation is 2. The van der Waals surface area contributed by atoms with Gasteiger partial charge in [0.1, 0.15) is 0 Å². The van der Waals surface area contributed by atoms with Crippen molar-refractivity contribution in [1.82, 2.24) is 0 Å². The number of benzene rings is 2. The first-order chi connectivity index (χ1) is 12.5. The monoisotopic (exact) mass is 468 g/mol. The van der Waals surface area contributed by atoms with E-state index in [2.05, 4.69) is 13.8 Å². The molecule has 0 heterocycles. The molecule has 5 heteroatoms. The molecule has 0 unspecified atom stereocenters. The van der Waals surface area contributed by atoms with Crippen molar-refractivity contribution < 1.29 is 47.1 Å². The standard InChI is InChI=1S/2C11H14O2.Cd/c2*1-2-3-5-9-6-4-7-10(8-9)11(12)13;/h2*4,6-8H,2-3,5H2,1H3,(H,12,13);/q;;+2/p-2. The summed E-state index contributed by atoms with van der Waals surface area (Å²) in [7, 11) is 0. The fourth-order valence-corrected chi connectivity index (χ4v) is 2.47. The number of carbonyl (C=O) groups excluding carboxylic acids is 2. The van der Waals surface area contributed by atoms with Gasteiger partial charge in [0, 0.05) is 0 Å². The first kappa shape index (κ1) is 25.3. The number of unbranched alkanes of at least 4 members (excludes halogenated alkanes) is 2. The van der Waals surface area contributed by atoms with Crippen LogP contribution in [-0.2, 0) is 40.1 Å². The molecule has 0 radical (unpaired) electrons. The number of rotatable bonds is 8. The maximum atomic E-state index is 10.5. The van der Waals surface area contributed by atoms with Crippen molar-refractivity contribution in [3.8, 4) is 0 Å². The molecule has 0 spiro atoms. The minimum atomic E-state index is -1.10. The Morgan fingerprint density at radius 3 is 1.41 bits per heavy atom. The summed E-state index contributed by atoms with van der Waals surface area (Å²) in [5.41, 5.74) is 2.69. The van der Waals surface area contributed by atoms with E-state index in [1.54, 1.807) is 36.4 Å². The van der Waals surface area contributed by atoms with Crippen LogP contribution in [0.3, 0.4) is 0 Å². The molecule has 0 fully saturated rings. The van der Waals surface area contributed by atoms with Gasteiger partial charge in [0.05, 0.1) is 11.9 Å². The maximum absolute atomic E-state index is 10.5. The molecular formula is C22H26CdO4. The van der Waals surface area contributed by atoms with Gasteiger partial charge in [-0.1, -0.05) is 63.1 Å². The molecule has 0 N–H and O–H groups in total. The van der Waals surface area contributed by atoms with E-state index in [4.69, 9.17) is 0 Å². The second kappa shape index (κ2) is 14.4. The molecule has 0 aliphatic carbocycles. The molecule has 0 atom stereocenters. The molecule has 0 aliphatic rings. The Morgan fingerprint density at radius 1 is 0.741 bits per heavy atom. The quantitative estimate of drug-likeness (QED) is 0.560. The summed E-state index contributed by atoms with van der Waals surface area (Å²) in [5.74, 6) is -2.20. The number of hydrogen-bond donors (Lipinski definition) is 0. The number of aromatic carboxylic acids is 2. The molecule has 140 valence electrons. The summed E-state index contributed by atoms with van der Waals surface area (Å²) in [6.07, 6.45) is 6.31. The van der Waals surface area contributed by atoms with E-state index in [0.29, 0.717) is 0 Å². The van der Waals surface area contributed by atoms with Gasteiger partial charge in [-0.3, -0.25) is 0 Å². The van der Waals surface area contributed by atoms with Crippen molar-refractivity contribution in [3.05, 3.63) is 70.8 Å². The van der Waals surface area contributed by atoms with Crippen molar-refractivity contribution in [2.75, 3.05) is 0 Å². The third-order valence-corrected chi connectivity index (χ3v) is 3.96. The summed E-state index contributed by atoms with van der Waals surface area (Å²) in [6.45, 7) is 4.23. The van der Waals surface area contributed by atoms with Gasteiger partial charge in [0.25, 0.3) is 0 Å². The number of carbonyl (C=O) groups is 2. The van der Waals surface area contributed by atoms with E-state index in [1.165, 1.54) is 0 Å². The molecule has 0 amide bonds. The van der Waals surface area contributed by atoms with Gasteiger partial charge >= 0.3 is 27.3 Å². The van der Waals surface area contributed by atoms with E-state index in [1.807, 2.05) is 12.1 Å². The molecule has 27 heavy (non-hydrogen) atoms. The van der Waals surface area contributed by atoms with Gasteiger partial charge in [-0.2, -0.15) is 0 Å². The van der Waals surface area contributed by atoms with E-state index in [9.17, 15) is 19.8 Å². The van der Waals surface area contributed by atoms with Crippen LogP contribution in [0.15, 0.2) is 48.5 Å². The van der Waals surface area contributed by atoms with Crippen LogP contribution in [0.4, 0.5) is 0 Å². The Hall–Kier alpha value is -1.70. The Kier molecular flexibility index (Phi) is 13.5. The van der Waals surface area contributed by atoms with Crippen molar-refractivity contribution in [2.45, 2.75) is 52.4 Å². The largest absolute Gasteiger partial charge is 2.00 e. The molecule has 0 saturated heterocycles. The first-order valence-corrected chi connectivity index (χ1v) is 9.08. The minimum absolute atomic E-state index is 0. The number of carboxylic acids is 2. The fourth-order valence-electron chi connectivity index (χ4n) is 2.47. The normalized spacial score (nSPS) is 9.56.